The van der Waals surface area contributed by atoms with Crippen molar-refractivity contribution in [1.82, 2.24) is 4.98 Å². The first-order chi connectivity index (χ1) is 14.9. The molecule has 1 aliphatic rings. The predicted molar refractivity (Wildman–Crippen MR) is 137 cm³/mol. The highest BCUT2D eigenvalue weighted by atomic mass is 79.9. The number of benzene rings is 1. The Morgan fingerprint density at radius 3 is 2.52 bits per heavy atom. The van der Waals surface area contributed by atoms with Crippen LogP contribution in [0, 0.1) is 11.8 Å². The van der Waals surface area contributed by atoms with Crippen LogP contribution in [0.25, 0.3) is 0 Å². The average molecular weight is 487 g/mol. The van der Waals surface area contributed by atoms with E-state index in [1.807, 2.05) is 18.2 Å². The lowest BCUT2D eigenvalue weighted by molar-refractivity contribution is 0.548. The fourth-order valence-corrected chi connectivity index (χ4v) is 4.17. The monoisotopic (exact) mass is 486 g/mol. The number of rotatable bonds is 9. The van der Waals surface area contributed by atoms with Crippen LogP contribution in [-0.4, -0.2) is 43.5 Å². The molecule has 0 saturated heterocycles. The van der Waals surface area contributed by atoms with Crippen LogP contribution >= 0.6 is 15.9 Å². The van der Waals surface area contributed by atoms with Crippen molar-refractivity contribution < 1.29 is 0 Å². The number of aromatic nitrogens is 1. The third kappa shape index (κ3) is 6.68. The number of halogens is 1. The second-order valence-electron chi connectivity index (χ2n) is 8.96. The molecule has 0 unspecified atom stereocenters. The van der Waals surface area contributed by atoms with Crippen molar-refractivity contribution in [2.24, 2.45) is 22.6 Å². The molecule has 0 spiro atoms. The van der Waals surface area contributed by atoms with Crippen LogP contribution in [0.5, 0.6) is 0 Å². The van der Waals surface area contributed by atoms with E-state index in [9.17, 15) is 0 Å². The van der Waals surface area contributed by atoms with E-state index < -0.39 is 0 Å². The summed E-state index contributed by atoms with van der Waals surface area (Å²) in [6, 6.07) is 12.3. The molecule has 2 aromatic rings. The number of amidine groups is 1. The lowest BCUT2D eigenvalue weighted by atomic mass is 10.1. The molecule has 31 heavy (non-hydrogen) atoms. The fraction of sp³-hybridized carbons (Fsp3) is 0.500. The summed E-state index contributed by atoms with van der Waals surface area (Å²) in [7, 11) is 0. The van der Waals surface area contributed by atoms with E-state index in [1.165, 1.54) is 0 Å². The van der Waals surface area contributed by atoms with E-state index in [4.69, 9.17) is 15.7 Å². The maximum atomic E-state index is 5.82. The molecule has 0 atom stereocenters. The summed E-state index contributed by atoms with van der Waals surface area (Å²) in [6.45, 7) is 13.2. The normalized spacial score (nSPS) is 13.4. The van der Waals surface area contributed by atoms with Crippen molar-refractivity contribution in [1.29, 1.82) is 0 Å². The van der Waals surface area contributed by atoms with Gasteiger partial charge in [-0.1, -0.05) is 49.7 Å². The van der Waals surface area contributed by atoms with E-state index in [-0.39, 0.29) is 0 Å². The molecule has 0 fully saturated rings. The molecule has 3 rings (SSSR count). The minimum Gasteiger partial charge on any atom is -0.356 e. The molecule has 0 amide bonds. The molecule has 0 bridgehead atoms. The second kappa shape index (κ2) is 11.0. The topological polar surface area (TPSA) is 69.8 Å². The van der Waals surface area contributed by atoms with Crippen LogP contribution in [0.2, 0.25) is 0 Å². The van der Waals surface area contributed by atoms with Gasteiger partial charge in [-0.2, -0.15) is 0 Å². The van der Waals surface area contributed by atoms with E-state index >= 15 is 0 Å². The van der Waals surface area contributed by atoms with Crippen LogP contribution in [-0.2, 0) is 0 Å². The molecule has 168 valence electrons. The summed E-state index contributed by atoms with van der Waals surface area (Å²) in [5, 5.41) is 3.47. The lowest BCUT2D eigenvalue weighted by Crippen LogP contribution is -2.38. The zero-order valence-electron chi connectivity index (χ0n) is 19.1. The molecular formula is C24H35BrN6. The van der Waals surface area contributed by atoms with Crippen molar-refractivity contribution in [2.45, 2.75) is 34.1 Å². The van der Waals surface area contributed by atoms with E-state index in [1.54, 1.807) is 0 Å². The van der Waals surface area contributed by atoms with Gasteiger partial charge in [0.05, 0.1) is 6.54 Å². The Labute approximate surface area is 195 Å². The van der Waals surface area contributed by atoms with Gasteiger partial charge in [-0.15, -0.1) is 0 Å². The van der Waals surface area contributed by atoms with Crippen LogP contribution in [0.15, 0.2) is 45.9 Å². The van der Waals surface area contributed by atoms with Crippen molar-refractivity contribution in [3.05, 3.63) is 40.9 Å². The molecule has 3 N–H and O–H groups in total. The zero-order chi connectivity index (χ0) is 22.4. The van der Waals surface area contributed by atoms with Gasteiger partial charge >= 0.3 is 0 Å². The number of fused-ring (bicyclic) bond motifs is 1. The third-order valence-corrected chi connectivity index (χ3v) is 5.47. The lowest BCUT2D eigenvalue weighted by Gasteiger charge is -2.32. The maximum Gasteiger partial charge on any atom is 0.157 e. The van der Waals surface area contributed by atoms with Gasteiger partial charge in [0, 0.05) is 29.8 Å². The number of nitrogens with zero attached hydrogens (tertiary/aromatic N) is 4. The first kappa shape index (κ1) is 23.5. The standard InChI is InChI=1S/C24H35BrN6/c1-17(2)14-31(15-18(3)4)23-10-9-21-24(29-23)30(12-6-11-26)16-22(28-21)27-20-8-5-7-19(25)13-20/h5,7-10,13,17-18H,6,11-12,14-16,26H2,1-4H3,(H,27,28). The summed E-state index contributed by atoms with van der Waals surface area (Å²) in [5.74, 6) is 4.03. The van der Waals surface area contributed by atoms with Crippen LogP contribution in [0.1, 0.15) is 34.1 Å². The van der Waals surface area contributed by atoms with E-state index in [0.29, 0.717) is 24.9 Å². The molecule has 1 aromatic carbocycles. The summed E-state index contributed by atoms with van der Waals surface area (Å²) in [4.78, 5) is 14.7. The van der Waals surface area contributed by atoms with Gasteiger partial charge in [-0.3, -0.25) is 0 Å². The van der Waals surface area contributed by atoms with Crippen LogP contribution in [0.4, 0.5) is 23.0 Å². The first-order valence-corrected chi connectivity index (χ1v) is 12.0. The first-order valence-electron chi connectivity index (χ1n) is 11.2. The summed E-state index contributed by atoms with van der Waals surface area (Å²) < 4.78 is 1.04. The molecule has 0 radical (unpaired) electrons. The Balaban J connectivity index is 1.91. The number of anilines is 3. The Kier molecular flexibility index (Phi) is 8.32. The van der Waals surface area contributed by atoms with Crippen LogP contribution < -0.4 is 20.9 Å². The summed E-state index contributed by atoms with van der Waals surface area (Å²) >= 11 is 3.54. The third-order valence-electron chi connectivity index (χ3n) is 4.98. The zero-order valence-corrected chi connectivity index (χ0v) is 20.7. The average Bonchev–Trinajstić information content (AvgIpc) is 2.70. The van der Waals surface area contributed by atoms with Crippen LogP contribution in [0.3, 0.4) is 0 Å². The van der Waals surface area contributed by atoms with Crippen molar-refractivity contribution >= 4 is 44.8 Å². The molecular weight excluding hydrogens is 452 g/mol. The Hall–Kier alpha value is -2.12. The number of aliphatic imine (C=N–C) groups is 1. The molecule has 2 heterocycles. The highest BCUT2D eigenvalue weighted by molar-refractivity contribution is 9.10. The minimum atomic E-state index is 0.573. The highest BCUT2D eigenvalue weighted by Gasteiger charge is 2.23. The molecule has 7 heteroatoms. The van der Waals surface area contributed by atoms with Crippen molar-refractivity contribution in [3.63, 3.8) is 0 Å². The fourth-order valence-electron chi connectivity index (χ4n) is 3.77. The van der Waals surface area contributed by atoms with Gasteiger partial charge < -0.3 is 20.9 Å². The summed E-state index contributed by atoms with van der Waals surface area (Å²) in [6.07, 6.45) is 0.914. The largest absolute Gasteiger partial charge is 0.356 e. The number of pyridine rings is 1. The highest BCUT2D eigenvalue weighted by Crippen LogP contribution is 2.33. The smallest absolute Gasteiger partial charge is 0.157 e. The van der Waals surface area contributed by atoms with Gasteiger partial charge in [0.25, 0.3) is 0 Å². The van der Waals surface area contributed by atoms with E-state index in [0.717, 1.165) is 59.4 Å². The number of nitrogens with one attached hydrogen (secondary N) is 1. The predicted octanol–water partition coefficient (Wildman–Crippen LogP) is 5.27. The number of nitrogens with two attached hydrogens (primary N) is 1. The van der Waals surface area contributed by atoms with Crippen molar-refractivity contribution in [3.8, 4) is 0 Å². The van der Waals surface area contributed by atoms with E-state index in [2.05, 4.69) is 76.9 Å². The number of hydrogen-bond donors (Lipinski definition) is 2. The Morgan fingerprint density at radius 2 is 1.87 bits per heavy atom. The molecule has 1 aromatic heterocycles. The summed E-state index contributed by atoms with van der Waals surface area (Å²) in [5.41, 5.74) is 7.74. The van der Waals surface area contributed by atoms with Gasteiger partial charge in [-0.05, 0) is 55.1 Å². The maximum absolute atomic E-state index is 5.82. The minimum absolute atomic E-state index is 0.573. The Morgan fingerprint density at radius 1 is 1.13 bits per heavy atom. The molecule has 1 aliphatic heterocycles. The van der Waals surface area contributed by atoms with Crippen molar-refractivity contribution in [2.75, 3.05) is 47.8 Å². The van der Waals surface area contributed by atoms with Gasteiger partial charge in [0.1, 0.15) is 17.3 Å². The van der Waals surface area contributed by atoms with Gasteiger partial charge in [-0.25, -0.2) is 9.98 Å². The quantitative estimate of drug-likeness (QED) is 0.504. The molecule has 0 saturated carbocycles. The van der Waals surface area contributed by atoms with Gasteiger partial charge in [0.2, 0.25) is 0 Å². The molecule has 0 aliphatic carbocycles. The second-order valence-corrected chi connectivity index (χ2v) is 9.88. The SMILES string of the molecule is CC(C)CN(CC(C)C)c1ccc2c(n1)N(CCCN)CC(Nc1cccc(Br)c1)=N2. The molecule has 6 nitrogen and oxygen atoms in total. The van der Waals surface area contributed by atoms with Gasteiger partial charge in [0.15, 0.2) is 5.82 Å². The Bertz CT molecular complexity index is 885. The number of hydrogen-bond acceptors (Lipinski definition) is 6.